The van der Waals surface area contributed by atoms with Gasteiger partial charge in [0.15, 0.2) is 0 Å². The Morgan fingerprint density at radius 2 is 1.77 bits per heavy atom. The molecule has 1 rings (SSSR count). The highest BCUT2D eigenvalue weighted by molar-refractivity contribution is 5.85. The summed E-state index contributed by atoms with van der Waals surface area (Å²) >= 11 is 0. The lowest BCUT2D eigenvalue weighted by Gasteiger charge is -2.08. The van der Waals surface area contributed by atoms with Gasteiger partial charge >= 0.3 is 0 Å². The number of anilines is 1. The Morgan fingerprint density at radius 1 is 1.23 bits per heavy atom. The number of hydrogen-bond donors (Lipinski definition) is 1. The van der Waals surface area contributed by atoms with Crippen LogP contribution in [0.15, 0.2) is 6.07 Å². The van der Waals surface area contributed by atoms with Crippen molar-refractivity contribution >= 4 is 18.1 Å². The zero-order valence-corrected chi connectivity index (χ0v) is 8.83. The molecule has 0 saturated carbocycles. The molecule has 0 radical (unpaired) electrons. The second kappa shape index (κ2) is 4.15. The van der Waals surface area contributed by atoms with Gasteiger partial charge in [-0.05, 0) is 43.5 Å². The third-order valence-electron chi connectivity index (χ3n) is 2.28. The summed E-state index contributed by atoms with van der Waals surface area (Å²) in [4.78, 5) is 0. The first-order valence-electron chi connectivity index (χ1n) is 3.84. The molecule has 0 aromatic heterocycles. The van der Waals surface area contributed by atoms with Crippen molar-refractivity contribution in [2.75, 3.05) is 5.73 Å². The van der Waals surface area contributed by atoms with Crippen LogP contribution >= 0.6 is 12.4 Å². The second-order valence-electron chi connectivity index (χ2n) is 3.02. The molecule has 0 aliphatic carbocycles. The van der Waals surface area contributed by atoms with Crippen molar-refractivity contribution in [3.05, 3.63) is 28.3 Å². The van der Waals surface area contributed by atoms with Gasteiger partial charge in [-0.3, -0.25) is 0 Å². The molecule has 70 valence electrons. The van der Waals surface area contributed by atoms with Crippen molar-refractivity contribution in [2.24, 2.45) is 0 Å². The summed E-state index contributed by atoms with van der Waals surface area (Å²) in [7, 11) is 0. The summed E-state index contributed by atoms with van der Waals surface area (Å²) in [5.41, 5.74) is 10.3. The van der Waals surface area contributed by atoms with Crippen LogP contribution in [0.3, 0.4) is 0 Å². The van der Waals surface area contributed by atoms with E-state index in [1.807, 2.05) is 26.8 Å². The minimum absolute atomic E-state index is 0. The molecule has 13 heavy (non-hydrogen) atoms. The Balaban J connectivity index is 0.00000144. The molecule has 0 bridgehead atoms. The molecule has 0 saturated heterocycles. The summed E-state index contributed by atoms with van der Waals surface area (Å²) < 4.78 is 0. The van der Waals surface area contributed by atoms with E-state index in [0.29, 0.717) is 0 Å². The Bertz CT molecular complexity index is 364. The Kier molecular flexibility index (Phi) is 3.77. The lowest BCUT2D eigenvalue weighted by molar-refractivity contribution is 1.27. The van der Waals surface area contributed by atoms with E-state index in [4.69, 9.17) is 11.0 Å². The average Bonchev–Trinajstić information content (AvgIpc) is 2.08. The molecule has 0 spiro atoms. The minimum atomic E-state index is 0. The fraction of sp³-hybridized carbons (Fsp3) is 0.300. The minimum Gasteiger partial charge on any atom is -0.398 e. The zero-order valence-electron chi connectivity index (χ0n) is 8.01. The third-order valence-corrected chi connectivity index (χ3v) is 2.28. The van der Waals surface area contributed by atoms with E-state index in [1.54, 1.807) is 0 Å². The smallest absolute Gasteiger partial charge is 0.0994 e. The van der Waals surface area contributed by atoms with Gasteiger partial charge < -0.3 is 5.73 Å². The van der Waals surface area contributed by atoms with E-state index in [9.17, 15) is 0 Å². The van der Waals surface area contributed by atoms with Gasteiger partial charge in [-0.15, -0.1) is 12.4 Å². The molecule has 0 amide bonds. The van der Waals surface area contributed by atoms with E-state index in [2.05, 4.69) is 6.07 Å². The SMILES string of the molecule is Cc1cc(C#N)c(C)c(C)c1N.Cl. The molecule has 1 aromatic rings. The highest BCUT2D eigenvalue weighted by atomic mass is 35.5. The Labute approximate surface area is 84.8 Å². The van der Waals surface area contributed by atoms with Crippen LogP contribution in [0.25, 0.3) is 0 Å². The van der Waals surface area contributed by atoms with Gasteiger partial charge in [-0.25, -0.2) is 0 Å². The number of benzene rings is 1. The number of aryl methyl sites for hydroxylation is 1. The molecule has 2 N–H and O–H groups in total. The molecular formula is C10H13ClN2. The zero-order chi connectivity index (χ0) is 9.30. The summed E-state index contributed by atoms with van der Waals surface area (Å²) in [5, 5.41) is 8.77. The maximum absolute atomic E-state index is 8.77. The van der Waals surface area contributed by atoms with Crippen molar-refractivity contribution in [1.82, 2.24) is 0 Å². The monoisotopic (exact) mass is 196 g/mol. The van der Waals surface area contributed by atoms with E-state index >= 15 is 0 Å². The van der Waals surface area contributed by atoms with E-state index in [-0.39, 0.29) is 12.4 Å². The number of nitrogen functional groups attached to an aromatic ring is 1. The lowest BCUT2D eigenvalue weighted by Crippen LogP contribution is -1.98. The number of nitrogens with two attached hydrogens (primary N) is 1. The van der Waals surface area contributed by atoms with Crippen LogP contribution in [-0.2, 0) is 0 Å². The average molecular weight is 197 g/mol. The first-order chi connectivity index (χ1) is 5.57. The first kappa shape index (κ1) is 11.8. The number of nitrogens with zero attached hydrogens (tertiary/aromatic N) is 1. The molecule has 0 unspecified atom stereocenters. The first-order valence-corrected chi connectivity index (χ1v) is 3.84. The van der Waals surface area contributed by atoms with Crippen molar-refractivity contribution in [3.63, 3.8) is 0 Å². The summed E-state index contributed by atoms with van der Waals surface area (Å²) in [6, 6.07) is 3.98. The van der Waals surface area contributed by atoms with Gasteiger partial charge in [-0.1, -0.05) is 0 Å². The van der Waals surface area contributed by atoms with Crippen molar-refractivity contribution in [1.29, 1.82) is 5.26 Å². The largest absolute Gasteiger partial charge is 0.398 e. The number of halogens is 1. The number of hydrogen-bond acceptors (Lipinski definition) is 2. The summed E-state index contributed by atoms with van der Waals surface area (Å²) in [5.74, 6) is 0. The van der Waals surface area contributed by atoms with E-state index in [0.717, 1.165) is 27.9 Å². The Morgan fingerprint density at radius 3 is 2.23 bits per heavy atom. The molecule has 1 aromatic carbocycles. The summed E-state index contributed by atoms with van der Waals surface area (Å²) in [6.07, 6.45) is 0. The molecule has 3 heteroatoms. The van der Waals surface area contributed by atoms with Crippen molar-refractivity contribution in [2.45, 2.75) is 20.8 Å². The van der Waals surface area contributed by atoms with Gasteiger partial charge in [0.25, 0.3) is 0 Å². The fourth-order valence-corrected chi connectivity index (χ4v) is 1.22. The molecule has 0 heterocycles. The number of nitriles is 1. The van der Waals surface area contributed by atoms with Gasteiger partial charge in [0, 0.05) is 5.69 Å². The molecule has 0 aliphatic heterocycles. The second-order valence-corrected chi connectivity index (χ2v) is 3.02. The highest BCUT2D eigenvalue weighted by Gasteiger charge is 2.06. The molecule has 0 aliphatic rings. The van der Waals surface area contributed by atoms with Crippen LogP contribution in [0.1, 0.15) is 22.3 Å². The topological polar surface area (TPSA) is 49.8 Å². The molecule has 0 fully saturated rings. The Hall–Kier alpha value is -1.20. The molecular weight excluding hydrogens is 184 g/mol. The van der Waals surface area contributed by atoms with Crippen molar-refractivity contribution in [3.8, 4) is 6.07 Å². The number of rotatable bonds is 0. The van der Waals surface area contributed by atoms with Gasteiger partial charge in [0.1, 0.15) is 0 Å². The van der Waals surface area contributed by atoms with Gasteiger partial charge in [0.2, 0.25) is 0 Å². The maximum Gasteiger partial charge on any atom is 0.0994 e. The van der Waals surface area contributed by atoms with Crippen LogP contribution in [-0.4, -0.2) is 0 Å². The van der Waals surface area contributed by atoms with Gasteiger partial charge in [0.05, 0.1) is 11.6 Å². The van der Waals surface area contributed by atoms with Crippen LogP contribution in [0, 0.1) is 32.1 Å². The molecule has 0 atom stereocenters. The van der Waals surface area contributed by atoms with Crippen LogP contribution in [0.5, 0.6) is 0 Å². The van der Waals surface area contributed by atoms with Crippen LogP contribution < -0.4 is 5.73 Å². The lowest BCUT2D eigenvalue weighted by atomic mass is 9.99. The third kappa shape index (κ3) is 1.93. The van der Waals surface area contributed by atoms with E-state index in [1.165, 1.54) is 0 Å². The maximum atomic E-state index is 8.77. The predicted molar refractivity (Wildman–Crippen MR) is 57.0 cm³/mol. The fourth-order valence-electron chi connectivity index (χ4n) is 1.22. The molecule has 2 nitrogen and oxygen atoms in total. The quantitative estimate of drug-likeness (QED) is 0.649. The van der Waals surface area contributed by atoms with Crippen molar-refractivity contribution < 1.29 is 0 Å². The van der Waals surface area contributed by atoms with Crippen LogP contribution in [0.2, 0.25) is 0 Å². The standard InChI is InChI=1S/C10H12N2.ClH/c1-6-4-9(5-11)7(2)8(3)10(6)12;/h4H,12H2,1-3H3;1H. The normalized spacial score (nSPS) is 8.77. The van der Waals surface area contributed by atoms with Crippen LogP contribution in [0.4, 0.5) is 5.69 Å². The van der Waals surface area contributed by atoms with Gasteiger partial charge in [-0.2, -0.15) is 5.26 Å². The highest BCUT2D eigenvalue weighted by Crippen LogP contribution is 2.22. The predicted octanol–water partition coefficient (Wildman–Crippen LogP) is 2.49. The van der Waals surface area contributed by atoms with E-state index < -0.39 is 0 Å². The summed E-state index contributed by atoms with van der Waals surface area (Å²) in [6.45, 7) is 5.78.